The summed E-state index contributed by atoms with van der Waals surface area (Å²) in [5, 5.41) is 18.6. The van der Waals surface area contributed by atoms with E-state index in [1.807, 2.05) is 28.9 Å². The maximum atomic E-state index is 11.5. The van der Waals surface area contributed by atoms with Crippen LogP contribution in [0.1, 0.15) is 32.0 Å². The van der Waals surface area contributed by atoms with E-state index < -0.39 is 11.9 Å². The lowest BCUT2D eigenvalue weighted by Crippen LogP contribution is -2.35. The van der Waals surface area contributed by atoms with Crippen LogP contribution in [0.4, 0.5) is 0 Å². The first-order valence-electron chi connectivity index (χ1n) is 9.50. The van der Waals surface area contributed by atoms with Gasteiger partial charge in [0.2, 0.25) is 0 Å². The Balaban J connectivity index is 1.50. The van der Waals surface area contributed by atoms with E-state index in [1.165, 1.54) is 18.2 Å². The predicted molar refractivity (Wildman–Crippen MR) is 106 cm³/mol. The van der Waals surface area contributed by atoms with E-state index >= 15 is 0 Å². The molecule has 3 heterocycles. The quantitative estimate of drug-likeness (QED) is 0.608. The van der Waals surface area contributed by atoms with E-state index in [0.717, 1.165) is 44.1 Å². The molecule has 0 saturated carbocycles. The monoisotopic (exact) mass is 411 g/mol. The summed E-state index contributed by atoms with van der Waals surface area (Å²) in [7, 11) is 0. The Hall–Kier alpha value is -3.43. The largest absolute Gasteiger partial charge is 0.486 e. The molecule has 9 heteroatoms. The maximum absolute atomic E-state index is 11.5. The van der Waals surface area contributed by atoms with Gasteiger partial charge < -0.3 is 24.1 Å². The second kappa shape index (κ2) is 8.52. The normalized spacial score (nSPS) is 14.7. The lowest BCUT2D eigenvalue weighted by Gasteiger charge is -2.26. The lowest BCUT2D eigenvalue weighted by atomic mass is 10.1. The highest BCUT2D eigenvalue weighted by Crippen LogP contribution is 2.24. The average Bonchev–Trinajstić information content (AvgIpc) is 3.14. The highest BCUT2D eigenvalue weighted by molar-refractivity contribution is 6.03. The number of carboxylic acids is 2. The van der Waals surface area contributed by atoms with Gasteiger partial charge in [0, 0.05) is 32.0 Å². The first-order chi connectivity index (χ1) is 14.5. The number of hydrogen-bond acceptors (Lipinski definition) is 6. The summed E-state index contributed by atoms with van der Waals surface area (Å²) in [6.45, 7) is 4.15. The van der Waals surface area contributed by atoms with Crippen LogP contribution in [-0.4, -0.2) is 62.7 Å². The third-order valence-electron chi connectivity index (χ3n) is 4.92. The molecule has 1 aliphatic rings. The summed E-state index contributed by atoms with van der Waals surface area (Å²) >= 11 is 0. The maximum Gasteiger partial charge on any atom is 0.340 e. The number of rotatable bonds is 7. The zero-order chi connectivity index (χ0) is 21.1. The molecule has 30 heavy (non-hydrogen) atoms. The van der Waals surface area contributed by atoms with Gasteiger partial charge in [-0.25, -0.2) is 14.6 Å². The van der Waals surface area contributed by atoms with Gasteiger partial charge >= 0.3 is 11.9 Å². The highest BCUT2D eigenvalue weighted by atomic mass is 16.5. The second-order valence-electron chi connectivity index (χ2n) is 7.00. The summed E-state index contributed by atoms with van der Waals surface area (Å²) in [6.07, 6.45) is 3.83. The summed E-state index contributed by atoms with van der Waals surface area (Å²) in [5.74, 6) is -2.68. The molecule has 1 aromatic carbocycles. The van der Waals surface area contributed by atoms with Crippen LogP contribution in [0, 0.1) is 0 Å². The number of aromatic carboxylic acids is 2. The van der Waals surface area contributed by atoms with Crippen LogP contribution in [0.3, 0.4) is 0 Å². The average molecular weight is 411 g/mol. The van der Waals surface area contributed by atoms with Crippen molar-refractivity contribution in [2.45, 2.75) is 13.2 Å². The Bertz CT molecular complexity index is 1090. The highest BCUT2D eigenvalue weighted by Gasteiger charge is 2.21. The van der Waals surface area contributed by atoms with Crippen LogP contribution in [-0.2, 0) is 17.9 Å². The number of fused-ring (bicyclic) bond motifs is 1. The van der Waals surface area contributed by atoms with Crippen molar-refractivity contribution in [3.8, 4) is 5.75 Å². The third kappa shape index (κ3) is 4.27. The molecule has 2 aromatic heterocycles. The predicted octanol–water partition coefficient (Wildman–Crippen LogP) is 2.14. The molecular weight excluding hydrogens is 390 g/mol. The molecule has 0 radical (unpaired) electrons. The van der Waals surface area contributed by atoms with Crippen molar-refractivity contribution in [2.75, 3.05) is 26.3 Å². The van der Waals surface area contributed by atoms with Gasteiger partial charge in [-0.3, -0.25) is 4.90 Å². The van der Waals surface area contributed by atoms with E-state index in [4.69, 9.17) is 9.47 Å². The van der Waals surface area contributed by atoms with E-state index in [1.54, 1.807) is 0 Å². The van der Waals surface area contributed by atoms with Gasteiger partial charge in [-0.15, -0.1) is 0 Å². The van der Waals surface area contributed by atoms with Crippen LogP contribution < -0.4 is 4.74 Å². The topological polar surface area (TPSA) is 114 Å². The van der Waals surface area contributed by atoms with Gasteiger partial charge in [-0.05, 0) is 23.8 Å². The van der Waals surface area contributed by atoms with Crippen molar-refractivity contribution < 1.29 is 29.3 Å². The zero-order valence-corrected chi connectivity index (χ0v) is 16.2. The molecule has 2 N–H and O–H groups in total. The Morgan fingerprint density at radius 1 is 1.07 bits per heavy atom. The van der Waals surface area contributed by atoms with Gasteiger partial charge in [-0.2, -0.15) is 0 Å². The van der Waals surface area contributed by atoms with E-state index in [-0.39, 0.29) is 23.5 Å². The van der Waals surface area contributed by atoms with E-state index in [9.17, 15) is 19.8 Å². The first kappa shape index (κ1) is 19.9. The molecule has 0 atom stereocenters. The van der Waals surface area contributed by atoms with Crippen molar-refractivity contribution in [1.82, 2.24) is 14.3 Å². The lowest BCUT2D eigenvalue weighted by molar-refractivity contribution is 0.0341. The molecule has 156 valence electrons. The van der Waals surface area contributed by atoms with Crippen molar-refractivity contribution in [3.05, 3.63) is 65.1 Å². The zero-order valence-electron chi connectivity index (χ0n) is 16.2. The Kier molecular flexibility index (Phi) is 5.64. The molecule has 3 aromatic rings. The standard InChI is InChI=1S/C21H21N3O6/c25-20(26)16-2-1-3-17(19(16)21(27)28)30-13-15-12-24-11-14(4-5-18(24)22-15)10-23-6-8-29-9-7-23/h1-5,11-12H,6-10,13H2,(H,25,26)(H,27,28). The Morgan fingerprint density at radius 3 is 2.60 bits per heavy atom. The molecule has 9 nitrogen and oxygen atoms in total. The first-order valence-corrected chi connectivity index (χ1v) is 9.50. The van der Waals surface area contributed by atoms with Crippen LogP contribution in [0.15, 0.2) is 42.7 Å². The number of nitrogens with zero attached hydrogens (tertiary/aromatic N) is 3. The minimum atomic E-state index is -1.36. The van der Waals surface area contributed by atoms with Gasteiger partial charge in [0.15, 0.2) is 0 Å². The van der Waals surface area contributed by atoms with E-state index in [2.05, 4.69) is 9.88 Å². The Labute approximate surface area is 172 Å². The van der Waals surface area contributed by atoms with Crippen molar-refractivity contribution >= 4 is 17.6 Å². The smallest absolute Gasteiger partial charge is 0.340 e. The van der Waals surface area contributed by atoms with Crippen LogP contribution >= 0.6 is 0 Å². The molecule has 4 rings (SSSR count). The summed E-state index contributed by atoms with van der Waals surface area (Å²) in [6, 6.07) is 8.08. The SMILES string of the molecule is O=C(O)c1cccc(OCc2cn3cc(CN4CCOCC4)ccc3n2)c1C(=O)O. The third-order valence-corrected chi connectivity index (χ3v) is 4.92. The number of carboxylic acid groups (broad SMARTS) is 2. The molecule has 0 aliphatic carbocycles. The number of pyridine rings is 1. The fourth-order valence-corrected chi connectivity index (χ4v) is 3.47. The number of carbonyl (C=O) groups is 2. The number of imidazole rings is 1. The van der Waals surface area contributed by atoms with Gasteiger partial charge in [0.05, 0.1) is 24.5 Å². The van der Waals surface area contributed by atoms with Crippen molar-refractivity contribution in [1.29, 1.82) is 0 Å². The minimum Gasteiger partial charge on any atom is -0.486 e. The van der Waals surface area contributed by atoms with Gasteiger partial charge in [0.1, 0.15) is 23.6 Å². The number of benzene rings is 1. The van der Waals surface area contributed by atoms with Crippen molar-refractivity contribution in [2.24, 2.45) is 0 Å². The molecule has 0 amide bonds. The van der Waals surface area contributed by atoms with Crippen LogP contribution in [0.5, 0.6) is 5.75 Å². The van der Waals surface area contributed by atoms with Crippen LogP contribution in [0.2, 0.25) is 0 Å². The molecule has 0 unspecified atom stereocenters. The fourth-order valence-electron chi connectivity index (χ4n) is 3.47. The minimum absolute atomic E-state index is 0.00698. The fraction of sp³-hybridized carbons (Fsp3) is 0.286. The summed E-state index contributed by atoms with van der Waals surface area (Å²) in [5.41, 5.74) is 1.81. The molecule has 1 fully saturated rings. The van der Waals surface area contributed by atoms with Crippen molar-refractivity contribution in [3.63, 3.8) is 0 Å². The second-order valence-corrected chi connectivity index (χ2v) is 7.00. The molecule has 0 bridgehead atoms. The van der Waals surface area contributed by atoms with Gasteiger partial charge in [0.25, 0.3) is 0 Å². The van der Waals surface area contributed by atoms with E-state index in [0.29, 0.717) is 5.69 Å². The van der Waals surface area contributed by atoms with Crippen LogP contribution in [0.25, 0.3) is 5.65 Å². The van der Waals surface area contributed by atoms with Gasteiger partial charge in [-0.1, -0.05) is 12.1 Å². The Morgan fingerprint density at radius 2 is 1.87 bits per heavy atom. The molecule has 1 saturated heterocycles. The number of ether oxygens (including phenoxy) is 2. The summed E-state index contributed by atoms with van der Waals surface area (Å²) < 4.78 is 12.9. The molecule has 1 aliphatic heterocycles. The number of aromatic nitrogens is 2. The molecule has 0 spiro atoms. The number of hydrogen-bond donors (Lipinski definition) is 2. The molecular formula is C21H21N3O6. The number of morpholine rings is 1. The summed E-state index contributed by atoms with van der Waals surface area (Å²) in [4.78, 5) is 29.6.